The molecule has 6 heteroatoms. The molecule has 21 heavy (non-hydrogen) atoms. The summed E-state index contributed by atoms with van der Waals surface area (Å²) in [5.41, 5.74) is 2.26. The summed E-state index contributed by atoms with van der Waals surface area (Å²) in [6.45, 7) is 3.19. The van der Waals surface area contributed by atoms with Crippen molar-refractivity contribution in [2.24, 2.45) is 0 Å². The lowest BCUT2D eigenvalue weighted by molar-refractivity contribution is 0.0775. The van der Waals surface area contributed by atoms with Crippen LogP contribution in [0.2, 0.25) is 0 Å². The zero-order valence-electron chi connectivity index (χ0n) is 12.0. The van der Waals surface area contributed by atoms with Crippen molar-refractivity contribution in [2.75, 3.05) is 7.05 Å². The van der Waals surface area contributed by atoms with E-state index < -0.39 is 0 Å². The maximum atomic E-state index is 12.4. The van der Waals surface area contributed by atoms with Crippen molar-refractivity contribution in [3.63, 3.8) is 0 Å². The van der Waals surface area contributed by atoms with Crippen LogP contribution < -0.4 is 0 Å². The second kappa shape index (κ2) is 5.40. The second-order valence-electron chi connectivity index (χ2n) is 4.85. The molecule has 0 fully saturated rings. The third kappa shape index (κ3) is 2.52. The Morgan fingerprint density at radius 3 is 2.95 bits per heavy atom. The smallest absolute Gasteiger partial charge is 0.254 e. The lowest BCUT2D eigenvalue weighted by Gasteiger charge is -2.15. The van der Waals surface area contributed by atoms with Gasteiger partial charge in [0.05, 0.1) is 18.3 Å². The standard InChI is InChI=1S/C15H16N4O2/c1-3-19-14-7-6-11(9-13(14)16-17-19)15(20)18(2)10-12-5-4-8-21-12/h4-9H,3,10H2,1-2H3. The van der Waals surface area contributed by atoms with E-state index in [-0.39, 0.29) is 5.91 Å². The van der Waals surface area contributed by atoms with Gasteiger partial charge in [-0.3, -0.25) is 4.79 Å². The minimum Gasteiger partial charge on any atom is -0.467 e. The highest BCUT2D eigenvalue weighted by atomic mass is 16.3. The fraction of sp³-hybridized carbons (Fsp3) is 0.267. The molecule has 0 N–H and O–H groups in total. The summed E-state index contributed by atoms with van der Waals surface area (Å²) in [6.07, 6.45) is 1.60. The zero-order valence-corrected chi connectivity index (χ0v) is 12.0. The molecule has 2 heterocycles. The van der Waals surface area contributed by atoms with Crippen LogP contribution in [0, 0.1) is 0 Å². The van der Waals surface area contributed by atoms with Gasteiger partial charge >= 0.3 is 0 Å². The molecule has 3 aromatic rings. The minimum atomic E-state index is -0.0700. The first-order valence-electron chi connectivity index (χ1n) is 6.80. The van der Waals surface area contributed by atoms with E-state index >= 15 is 0 Å². The summed E-state index contributed by atoms with van der Waals surface area (Å²) in [7, 11) is 1.75. The monoisotopic (exact) mass is 284 g/mol. The molecule has 0 aliphatic carbocycles. The molecule has 108 valence electrons. The fourth-order valence-electron chi connectivity index (χ4n) is 2.27. The van der Waals surface area contributed by atoms with E-state index in [4.69, 9.17) is 4.42 Å². The third-order valence-corrected chi connectivity index (χ3v) is 3.38. The third-order valence-electron chi connectivity index (χ3n) is 3.38. The first-order valence-corrected chi connectivity index (χ1v) is 6.80. The van der Waals surface area contributed by atoms with Crippen molar-refractivity contribution in [2.45, 2.75) is 20.0 Å². The Hall–Kier alpha value is -2.63. The van der Waals surface area contributed by atoms with E-state index in [0.29, 0.717) is 12.1 Å². The second-order valence-corrected chi connectivity index (χ2v) is 4.85. The first-order chi connectivity index (χ1) is 10.2. The molecule has 1 aromatic carbocycles. The molecule has 2 aromatic heterocycles. The Labute approximate surface area is 122 Å². The molecule has 1 amide bonds. The predicted molar refractivity (Wildman–Crippen MR) is 77.7 cm³/mol. The quantitative estimate of drug-likeness (QED) is 0.737. The van der Waals surface area contributed by atoms with Gasteiger partial charge in [-0.2, -0.15) is 0 Å². The van der Waals surface area contributed by atoms with Gasteiger partial charge in [0, 0.05) is 19.2 Å². The largest absolute Gasteiger partial charge is 0.467 e. The van der Waals surface area contributed by atoms with Crippen LogP contribution in [0.4, 0.5) is 0 Å². The van der Waals surface area contributed by atoms with E-state index in [1.54, 1.807) is 35.0 Å². The average molecular weight is 284 g/mol. The summed E-state index contributed by atoms with van der Waals surface area (Å²) in [5, 5.41) is 8.14. The number of rotatable bonds is 4. The highest BCUT2D eigenvalue weighted by Gasteiger charge is 2.15. The summed E-state index contributed by atoms with van der Waals surface area (Å²) in [6, 6.07) is 9.11. The number of benzene rings is 1. The Kier molecular flexibility index (Phi) is 3.43. The minimum absolute atomic E-state index is 0.0700. The molecule has 0 spiro atoms. The van der Waals surface area contributed by atoms with Gasteiger partial charge in [0.1, 0.15) is 11.3 Å². The molecule has 0 bridgehead atoms. The number of amides is 1. The number of furan rings is 1. The van der Waals surface area contributed by atoms with Crippen LogP contribution in [0.3, 0.4) is 0 Å². The first kappa shape index (κ1) is 13.4. The van der Waals surface area contributed by atoms with Crippen LogP contribution in [0.15, 0.2) is 41.0 Å². The number of fused-ring (bicyclic) bond motifs is 1. The summed E-state index contributed by atoms with van der Waals surface area (Å²) >= 11 is 0. The number of carbonyl (C=O) groups excluding carboxylic acids is 1. The maximum Gasteiger partial charge on any atom is 0.254 e. The van der Waals surface area contributed by atoms with Crippen LogP contribution >= 0.6 is 0 Å². The number of hydrogen-bond donors (Lipinski definition) is 0. The van der Waals surface area contributed by atoms with Crippen LogP contribution in [0.25, 0.3) is 11.0 Å². The SMILES string of the molecule is CCn1nnc2cc(C(=O)N(C)Cc3ccco3)ccc21. The highest BCUT2D eigenvalue weighted by molar-refractivity contribution is 5.97. The van der Waals surface area contributed by atoms with Gasteiger partial charge < -0.3 is 9.32 Å². The van der Waals surface area contributed by atoms with Gasteiger partial charge in [-0.15, -0.1) is 5.10 Å². The number of aryl methyl sites for hydroxylation is 1. The van der Waals surface area contributed by atoms with E-state index in [9.17, 15) is 4.79 Å². The molecular formula is C15H16N4O2. The van der Waals surface area contributed by atoms with E-state index in [2.05, 4.69) is 10.3 Å². The van der Waals surface area contributed by atoms with Crippen LogP contribution in [0.1, 0.15) is 23.0 Å². The molecular weight excluding hydrogens is 268 g/mol. The Balaban J connectivity index is 1.84. The Morgan fingerprint density at radius 1 is 1.38 bits per heavy atom. The molecule has 3 rings (SSSR count). The fourth-order valence-corrected chi connectivity index (χ4v) is 2.27. The molecule has 6 nitrogen and oxygen atoms in total. The van der Waals surface area contributed by atoms with Crippen LogP contribution in [-0.4, -0.2) is 32.8 Å². The van der Waals surface area contributed by atoms with E-state index in [0.717, 1.165) is 23.3 Å². The summed E-state index contributed by atoms with van der Waals surface area (Å²) < 4.78 is 7.06. The predicted octanol–water partition coefficient (Wildman–Crippen LogP) is 2.32. The highest BCUT2D eigenvalue weighted by Crippen LogP contribution is 2.15. The van der Waals surface area contributed by atoms with Gasteiger partial charge in [0.15, 0.2) is 0 Å². The van der Waals surface area contributed by atoms with Gasteiger partial charge in [0.2, 0.25) is 0 Å². The average Bonchev–Trinajstić information content (AvgIpc) is 3.14. The van der Waals surface area contributed by atoms with Crippen molar-refractivity contribution >= 4 is 16.9 Å². The Morgan fingerprint density at radius 2 is 2.24 bits per heavy atom. The number of aromatic nitrogens is 3. The van der Waals surface area contributed by atoms with Crippen LogP contribution in [-0.2, 0) is 13.1 Å². The van der Waals surface area contributed by atoms with Gasteiger partial charge in [-0.1, -0.05) is 5.21 Å². The number of carbonyl (C=O) groups is 1. The maximum absolute atomic E-state index is 12.4. The Bertz CT molecular complexity index is 761. The number of nitrogens with zero attached hydrogens (tertiary/aromatic N) is 4. The summed E-state index contributed by atoms with van der Waals surface area (Å²) in [4.78, 5) is 14.0. The molecule has 0 atom stereocenters. The zero-order chi connectivity index (χ0) is 14.8. The van der Waals surface area contributed by atoms with E-state index in [1.165, 1.54) is 0 Å². The van der Waals surface area contributed by atoms with Gasteiger partial charge in [-0.05, 0) is 37.3 Å². The van der Waals surface area contributed by atoms with E-state index in [1.807, 2.05) is 25.1 Å². The molecule has 0 unspecified atom stereocenters. The van der Waals surface area contributed by atoms with Crippen LogP contribution in [0.5, 0.6) is 0 Å². The van der Waals surface area contributed by atoms with Crippen molar-refractivity contribution in [1.82, 2.24) is 19.9 Å². The topological polar surface area (TPSA) is 64.2 Å². The lowest BCUT2D eigenvalue weighted by Crippen LogP contribution is -2.25. The van der Waals surface area contributed by atoms with Crippen molar-refractivity contribution < 1.29 is 9.21 Å². The van der Waals surface area contributed by atoms with Crippen molar-refractivity contribution in [3.05, 3.63) is 47.9 Å². The van der Waals surface area contributed by atoms with Crippen molar-refractivity contribution in [1.29, 1.82) is 0 Å². The molecule has 0 aliphatic rings. The van der Waals surface area contributed by atoms with Gasteiger partial charge in [-0.25, -0.2) is 4.68 Å². The summed E-state index contributed by atoms with van der Waals surface area (Å²) in [5.74, 6) is 0.684. The van der Waals surface area contributed by atoms with Crippen molar-refractivity contribution in [3.8, 4) is 0 Å². The molecule has 0 radical (unpaired) electrons. The number of hydrogen-bond acceptors (Lipinski definition) is 4. The van der Waals surface area contributed by atoms with Gasteiger partial charge in [0.25, 0.3) is 5.91 Å². The lowest BCUT2D eigenvalue weighted by atomic mass is 10.1. The normalized spacial score (nSPS) is 11.0. The molecule has 0 saturated carbocycles. The molecule has 0 saturated heterocycles. The molecule has 0 aliphatic heterocycles.